The molecular formula is C40H48N4O6. The smallest absolute Gasteiger partial charge is 0.334 e. The molecule has 0 aliphatic carbocycles. The second-order valence-electron chi connectivity index (χ2n) is 12.5. The average Bonchev–Trinajstić information content (AvgIpc) is 3.65. The number of carbonyl (C=O) groups is 4. The van der Waals surface area contributed by atoms with Gasteiger partial charge in [0.2, 0.25) is 11.8 Å². The van der Waals surface area contributed by atoms with Crippen molar-refractivity contribution in [3.63, 3.8) is 0 Å². The van der Waals surface area contributed by atoms with E-state index in [-0.39, 0.29) is 29.7 Å². The van der Waals surface area contributed by atoms with E-state index in [1.165, 1.54) is 0 Å². The van der Waals surface area contributed by atoms with Crippen LogP contribution in [0.15, 0.2) is 59.7 Å². The predicted octanol–water partition coefficient (Wildman–Crippen LogP) is 6.50. The topological polar surface area (TPSA) is 134 Å². The summed E-state index contributed by atoms with van der Waals surface area (Å²) in [7, 11) is 0. The van der Waals surface area contributed by atoms with Crippen LogP contribution in [-0.4, -0.2) is 71.5 Å². The summed E-state index contributed by atoms with van der Waals surface area (Å²) >= 11 is 0. The van der Waals surface area contributed by atoms with Crippen LogP contribution in [-0.2, 0) is 41.5 Å². The lowest BCUT2D eigenvalue weighted by molar-refractivity contribution is -0.139. The molecule has 0 bridgehead atoms. The molecule has 5 rings (SSSR count). The summed E-state index contributed by atoms with van der Waals surface area (Å²) in [5.41, 5.74) is 6.77. The number of benzene rings is 2. The summed E-state index contributed by atoms with van der Waals surface area (Å²) in [6, 6.07) is 15.9. The van der Waals surface area contributed by atoms with E-state index in [4.69, 9.17) is 9.47 Å². The number of hydrogen-bond donors (Lipinski definition) is 3. The molecule has 3 N–H and O–H groups in total. The van der Waals surface area contributed by atoms with Gasteiger partial charge in [-0.15, -0.1) is 0 Å². The molecule has 0 saturated carbocycles. The first-order valence-corrected chi connectivity index (χ1v) is 17.8. The van der Waals surface area contributed by atoms with E-state index in [0.717, 1.165) is 44.3 Å². The van der Waals surface area contributed by atoms with Crippen molar-refractivity contribution in [1.82, 2.24) is 20.2 Å². The van der Waals surface area contributed by atoms with E-state index in [9.17, 15) is 19.2 Å². The van der Waals surface area contributed by atoms with Gasteiger partial charge >= 0.3 is 11.9 Å². The highest BCUT2D eigenvalue weighted by Crippen LogP contribution is 2.28. The Bertz CT molecular complexity index is 1910. The van der Waals surface area contributed by atoms with Crippen LogP contribution in [0.1, 0.15) is 75.9 Å². The van der Waals surface area contributed by atoms with Crippen LogP contribution in [0.3, 0.4) is 0 Å². The Morgan fingerprint density at radius 1 is 0.800 bits per heavy atom. The van der Waals surface area contributed by atoms with E-state index < -0.39 is 0 Å². The van der Waals surface area contributed by atoms with Crippen molar-refractivity contribution < 1.29 is 28.7 Å². The Balaban J connectivity index is 1.26. The van der Waals surface area contributed by atoms with E-state index >= 15 is 0 Å². The van der Waals surface area contributed by atoms with Gasteiger partial charge < -0.3 is 29.7 Å². The maximum Gasteiger partial charge on any atom is 0.334 e. The first kappa shape index (κ1) is 36.2. The summed E-state index contributed by atoms with van der Waals surface area (Å²) in [6.45, 7) is 9.27. The largest absolute Gasteiger partial charge is 0.463 e. The first-order chi connectivity index (χ1) is 24.3. The number of fused-ring (bicyclic) bond motifs is 2. The summed E-state index contributed by atoms with van der Waals surface area (Å²) < 4.78 is 10.5. The number of nitrogens with one attached hydrogen (secondary N) is 3. The van der Waals surface area contributed by atoms with E-state index in [1.54, 1.807) is 18.7 Å². The fourth-order valence-electron chi connectivity index (χ4n) is 6.68. The highest BCUT2D eigenvalue weighted by atomic mass is 16.5. The number of rotatable bonds is 15. The molecule has 4 aromatic rings. The van der Waals surface area contributed by atoms with Crippen LogP contribution < -0.4 is 5.32 Å². The molecule has 2 aromatic carbocycles. The van der Waals surface area contributed by atoms with Gasteiger partial charge in [0.05, 0.1) is 19.1 Å². The van der Waals surface area contributed by atoms with Gasteiger partial charge in [-0.1, -0.05) is 50.2 Å². The second kappa shape index (κ2) is 17.0. The van der Waals surface area contributed by atoms with Crippen molar-refractivity contribution >= 4 is 57.7 Å². The molecule has 10 heteroatoms. The van der Waals surface area contributed by atoms with Crippen LogP contribution in [0.25, 0.3) is 34.0 Å². The minimum Gasteiger partial charge on any atom is -0.463 e. The van der Waals surface area contributed by atoms with Gasteiger partial charge in [-0.3, -0.25) is 9.59 Å². The van der Waals surface area contributed by atoms with E-state index in [1.807, 2.05) is 74.5 Å². The van der Waals surface area contributed by atoms with Gasteiger partial charge in [-0.05, 0) is 81.4 Å². The number of nitrogens with zero attached hydrogens (tertiary/aromatic N) is 1. The summed E-state index contributed by atoms with van der Waals surface area (Å²) in [4.78, 5) is 60.3. The van der Waals surface area contributed by atoms with Gasteiger partial charge in [0.1, 0.15) is 0 Å². The van der Waals surface area contributed by atoms with Crippen LogP contribution >= 0.6 is 0 Å². The molecule has 0 spiro atoms. The molecule has 1 aliphatic rings. The molecule has 50 heavy (non-hydrogen) atoms. The number of para-hydroxylation sites is 2. The third-order valence-electron chi connectivity index (χ3n) is 9.34. The van der Waals surface area contributed by atoms with Crippen LogP contribution in [0, 0.1) is 5.92 Å². The number of H-pyrrole nitrogens is 2. The molecule has 2 aromatic heterocycles. The average molecular weight is 681 g/mol. The number of esters is 2. The number of amides is 2. The molecule has 1 unspecified atom stereocenters. The molecule has 1 aliphatic heterocycles. The second-order valence-corrected chi connectivity index (χ2v) is 12.5. The van der Waals surface area contributed by atoms with Gasteiger partial charge in [0.15, 0.2) is 0 Å². The number of aromatic nitrogens is 2. The molecule has 10 nitrogen and oxygen atoms in total. The maximum absolute atomic E-state index is 13.5. The molecule has 1 atom stereocenters. The lowest BCUT2D eigenvalue weighted by atomic mass is 9.95. The maximum atomic E-state index is 13.5. The lowest BCUT2D eigenvalue weighted by Crippen LogP contribution is -2.46. The monoisotopic (exact) mass is 680 g/mol. The molecule has 1 fully saturated rings. The molecule has 0 radical (unpaired) electrons. The lowest BCUT2D eigenvalue weighted by Gasteiger charge is -2.32. The molecule has 1 saturated heterocycles. The molecule has 3 heterocycles. The molecule has 2 amide bonds. The standard InChI is InChI=1S/C40H48N4O6/c1-5-26(39(47)49-7-3)23-35-31(29-13-9-11-15-33(29)42-35)19-21-41-38(46)28-17-18-37(45)44(25-28)22-20-32-30-14-10-12-16-34(30)43-36(32)24-27(6-2)40(48)50-8-4/h9-16,23-24,28,42-43H,5-8,17-22,25H2,1-4H3,(H,41,46)/b26-23+,27-24+. The number of ether oxygens (including phenoxy) is 2. The van der Waals surface area contributed by atoms with Crippen molar-refractivity contribution in [2.24, 2.45) is 5.92 Å². The van der Waals surface area contributed by atoms with Crippen molar-refractivity contribution in [3.05, 3.63) is 82.2 Å². The molecule has 264 valence electrons. The SMILES string of the molecule is CCOC(=O)/C(=C/c1[nH]c2ccccc2c1CCNC(=O)C1CCC(=O)N(CCc2c(/C=C(\CC)C(=O)OCC)[nH]c3ccccc23)C1)CC. The number of hydrogen-bond acceptors (Lipinski definition) is 6. The predicted molar refractivity (Wildman–Crippen MR) is 196 cm³/mol. The van der Waals surface area contributed by atoms with Crippen LogP contribution in [0.5, 0.6) is 0 Å². The van der Waals surface area contributed by atoms with E-state index in [2.05, 4.69) is 15.3 Å². The fourth-order valence-corrected chi connectivity index (χ4v) is 6.68. The normalized spacial score (nSPS) is 15.5. The quantitative estimate of drug-likeness (QED) is 0.0970. The van der Waals surface area contributed by atoms with Gasteiger partial charge in [-0.25, -0.2) is 9.59 Å². The Labute approximate surface area is 293 Å². The Morgan fingerprint density at radius 3 is 1.84 bits per heavy atom. The Kier molecular flexibility index (Phi) is 12.3. The zero-order valence-electron chi connectivity index (χ0n) is 29.5. The fraction of sp³-hybridized carbons (Fsp3) is 0.400. The van der Waals surface area contributed by atoms with Crippen molar-refractivity contribution in [3.8, 4) is 0 Å². The minimum atomic E-state index is -0.334. The Morgan fingerprint density at radius 2 is 1.32 bits per heavy atom. The van der Waals surface area contributed by atoms with Crippen molar-refractivity contribution in [2.45, 2.75) is 66.2 Å². The number of piperidine rings is 1. The zero-order chi connectivity index (χ0) is 35.6. The first-order valence-electron chi connectivity index (χ1n) is 17.8. The van der Waals surface area contributed by atoms with Crippen molar-refractivity contribution in [1.29, 1.82) is 0 Å². The van der Waals surface area contributed by atoms with E-state index in [0.29, 0.717) is 82.5 Å². The van der Waals surface area contributed by atoms with Crippen molar-refractivity contribution in [2.75, 3.05) is 32.8 Å². The van der Waals surface area contributed by atoms with Crippen LogP contribution in [0.2, 0.25) is 0 Å². The third-order valence-corrected chi connectivity index (χ3v) is 9.34. The zero-order valence-corrected chi connectivity index (χ0v) is 29.5. The number of aromatic amines is 2. The van der Waals surface area contributed by atoms with Gasteiger partial charge in [-0.2, -0.15) is 0 Å². The summed E-state index contributed by atoms with van der Waals surface area (Å²) in [5, 5.41) is 5.20. The Hall–Kier alpha value is -5.12. The summed E-state index contributed by atoms with van der Waals surface area (Å²) in [5.74, 6) is -1.01. The van der Waals surface area contributed by atoms with Gasteiger partial charge in [0, 0.05) is 70.4 Å². The number of likely N-dealkylation sites (tertiary alicyclic amines) is 1. The van der Waals surface area contributed by atoms with Gasteiger partial charge in [0.25, 0.3) is 0 Å². The minimum absolute atomic E-state index is 0.0373. The number of carbonyl (C=O) groups excluding carboxylic acids is 4. The third kappa shape index (κ3) is 8.35. The molecular weight excluding hydrogens is 632 g/mol. The highest BCUT2D eigenvalue weighted by Gasteiger charge is 2.30. The van der Waals surface area contributed by atoms with Crippen LogP contribution in [0.4, 0.5) is 0 Å². The summed E-state index contributed by atoms with van der Waals surface area (Å²) in [6.07, 6.45) is 6.73. The highest BCUT2D eigenvalue weighted by molar-refractivity contribution is 5.97.